The highest BCUT2D eigenvalue weighted by molar-refractivity contribution is 7.09. The molecule has 1 aromatic heterocycles. The Bertz CT molecular complexity index is 487. The number of nitrogens with zero attached hydrogens (tertiary/aromatic N) is 1. The van der Waals surface area contributed by atoms with Crippen molar-refractivity contribution in [1.82, 2.24) is 4.98 Å². The van der Waals surface area contributed by atoms with Crippen LogP contribution < -0.4 is 5.32 Å². The van der Waals surface area contributed by atoms with Crippen molar-refractivity contribution in [1.29, 1.82) is 0 Å². The zero-order valence-corrected chi connectivity index (χ0v) is 12.1. The van der Waals surface area contributed by atoms with E-state index >= 15 is 0 Å². The molecule has 0 aliphatic heterocycles. The van der Waals surface area contributed by atoms with Crippen LogP contribution >= 0.6 is 11.3 Å². The van der Waals surface area contributed by atoms with Crippen molar-refractivity contribution in [2.75, 3.05) is 5.32 Å². The van der Waals surface area contributed by atoms with Crippen molar-refractivity contribution in [2.45, 2.75) is 39.7 Å². The summed E-state index contributed by atoms with van der Waals surface area (Å²) in [5.74, 6) is 0.572. The van der Waals surface area contributed by atoms with Gasteiger partial charge in [-0.1, -0.05) is 31.5 Å². The monoisotopic (exact) mass is 260 g/mol. The van der Waals surface area contributed by atoms with Crippen molar-refractivity contribution in [3.63, 3.8) is 0 Å². The Kier molecular flexibility index (Phi) is 4.37. The minimum Gasteiger partial charge on any atom is -0.379 e. The molecule has 1 aromatic carbocycles. The van der Waals surface area contributed by atoms with Crippen molar-refractivity contribution in [2.24, 2.45) is 0 Å². The maximum atomic E-state index is 4.67. The smallest absolute Gasteiger partial charge is 0.0957 e. The van der Waals surface area contributed by atoms with Gasteiger partial charge >= 0.3 is 0 Å². The first-order valence-corrected chi connectivity index (χ1v) is 7.32. The molecule has 2 aromatic rings. The fraction of sp³-hybridized carbons (Fsp3) is 0.400. The van der Waals surface area contributed by atoms with Gasteiger partial charge in [0.15, 0.2) is 0 Å². The average Bonchev–Trinajstić information content (AvgIpc) is 2.86. The second-order valence-electron chi connectivity index (χ2n) is 4.71. The minimum atomic E-state index is 0.572. The van der Waals surface area contributed by atoms with Crippen LogP contribution in [-0.4, -0.2) is 4.98 Å². The van der Waals surface area contributed by atoms with Crippen LogP contribution in [0.15, 0.2) is 29.6 Å². The molecule has 0 bridgehead atoms. The second-order valence-corrected chi connectivity index (χ2v) is 5.60. The van der Waals surface area contributed by atoms with E-state index in [1.807, 2.05) is 0 Å². The van der Waals surface area contributed by atoms with Crippen LogP contribution in [0.25, 0.3) is 0 Å². The summed E-state index contributed by atoms with van der Waals surface area (Å²) in [6, 6.07) is 8.45. The molecule has 2 rings (SSSR count). The molecule has 0 spiro atoms. The summed E-state index contributed by atoms with van der Waals surface area (Å²) in [6.45, 7) is 7.34. The maximum absolute atomic E-state index is 4.67. The number of aromatic nitrogens is 1. The molecule has 1 heterocycles. The van der Waals surface area contributed by atoms with E-state index in [1.165, 1.54) is 10.6 Å². The fourth-order valence-electron chi connectivity index (χ4n) is 1.67. The topological polar surface area (TPSA) is 24.9 Å². The lowest BCUT2D eigenvalue weighted by Gasteiger charge is -2.05. The highest BCUT2D eigenvalue weighted by Crippen LogP contribution is 2.22. The number of nitrogens with one attached hydrogen (secondary N) is 1. The molecule has 0 amide bonds. The maximum Gasteiger partial charge on any atom is 0.0957 e. The van der Waals surface area contributed by atoms with E-state index in [1.54, 1.807) is 11.3 Å². The number of thiazole rings is 1. The Morgan fingerprint density at radius 2 is 2.00 bits per heavy atom. The third kappa shape index (κ3) is 3.33. The van der Waals surface area contributed by atoms with Gasteiger partial charge in [0.1, 0.15) is 0 Å². The lowest BCUT2D eigenvalue weighted by atomic mass is 10.1. The van der Waals surface area contributed by atoms with Crippen molar-refractivity contribution < 1.29 is 0 Å². The van der Waals surface area contributed by atoms with E-state index < -0.39 is 0 Å². The Morgan fingerprint density at radius 1 is 1.28 bits per heavy atom. The highest BCUT2D eigenvalue weighted by atomic mass is 32.1. The number of rotatable bonds is 5. The van der Waals surface area contributed by atoms with Crippen LogP contribution in [0.5, 0.6) is 0 Å². The van der Waals surface area contributed by atoms with Crippen molar-refractivity contribution in [3.05, 3.63) is 45.9 Å². The predicted molar refractivity (Wildman–Crippen MR) is 79.3 cm³/mol. The summed E-state index contributed by atoms with van der Waals surface area (Å²) in [5.41, 5.74) is 3.57. The number of anilines is 1. The summed E-state index contributed by atoms with van der Waals surface area (Å²) in [5, 5.41) is 6.81. The number of hydrogen-bond donors (Lipinski definition) is 1. The molecule has 0 aliphatic rings. The molecule has 0 radical (unpaired) electrons. The summed E-state index contributed by atoms with van der Waals surface area (Å²) in [7, 11) is 0. The van der Waals surface area contributed by atoms with E-state index in [-0.39, 0.29) is 0 Å². The summed E-state index contributed by atoms with van der Waals surface area (Å²) in [6.07, 6.45) is 1.15. The van der Waals surface area contributed by atoms with E-state index in [0.29, 0.717) is 5.92 Å². The van der Waals surface area contributed by atoms with Crippen LogP contribution in [0.3, 0.4) is 0 Å². The lowest BCUT2D eigenvalue weighted by molar-refractivity contribution is 0.722. The molecule has 1 atom stereocenters. The van der Waals surface area contributed by atoms with Crippen LogP contribution in [0, 0.1) is 6.92 Å². The van der Waals surface area contributed by atoms with Gasteiger partial charge in [-0.15, -0.1) is 11.3 Å². The normalized spacial score (nSPS) is 12.4. The largest absolute Gasteiger partial charge is 0.379 e. The van der Waals surface area contributed by atoms with Gasteiger partial charge in [-0.3, -0.25) is 0 Å². The molecular formula is C15H20N2S. The van der Waals surface area contributed by atoms with E-state index in [9.17, 15) is 0 Å². The quantitative estimate of drug-likeness (QED) is 0.851. The van der Waals surface area contributed by atoms with Gasteiger partial charge in [0.25, 0.3) is 0 Å². The van der Waals surface area contributed by atoms with Crippen molar-refractivity contribution in [3.8, 4) is 0 Å². The van der Waals surface area contributed by atoms with Crippen LogP contribution in [-0.2, 0) is 6.54 Å². The van der Waals surface area contributed by atoms with E-state index in [4.69, 9.17) is 0 Å². The van der Waals surface area contributed by atoms with Gasteiger partial charge in [-0.25, -0.2) is 4.98 Å². The number of hydrogen-bond acceptors (Lipinski definition) is 3. The van der Waals surface area contributed by atoms with E-state index in [0.717, 1.165) is 24.3 Å². The van der Waals surface area contributed by atoms with E-state index in [2.05, 4.69) is 60.7 Å². The molecule has 0 saturated heterocycles. The minimum absolute atomic E-state index is 0.572. The van der Waals surface area contributed by atoms with Crippen LogP contribution in [0.2, 0.25) is 0 Å². The summed E-state index contributed by atoms with van der Waals surface area (Å²) in [4.78, 5) is 4.67. The highest BCUT2D eigenvalue weighted by Gasteiger charge is 2.08. The molecule has 96 valence electrons. The molecule has 18 heavy (non-hydrogen) atoms. The van der Waals surface area contributed by atoms with Gasteiger partial charge in [-0.2, -0.15) is 0 Å². The molecule has 3 heteroatoms. The van der Waals surface area contributed by atoms with Crippen molar-refractivity contribution >= 4 is 17.0 Å². The van der Waals surface area contributed by atoms with Gasteiger partial charge in [-0.05, 0) is 25.5 Å². The Hall–Kier alpha value is -1.35. The van der Waals surface area contributed by atoms with Gasteiger partial charge in [0.2, 0.25) is 0 Å². The van der Waals surface area contributed by atoms with Gasteiger partial charge in [0, 0.05) is 17.0 Å². The van der Waals surface area contributed by atoms with Gasteiger partial charge < -0.3 is 5.32 Å². The summed E-state index contributed by atoms with van der Waals surface area (Å²) < 4.78 is 0. The average molecular weight is 260 g/mol. The lowest BCUT2D eigenvalue weighted by Crippen LogP contribution is -2.00. The Morgan fingerprint density at radius 3 is 2.67 bits per heavy atom. The number of benzene rings is 1. The fourth-order valence-corrected chi connectivity index (χ4v) is 2.63. The first kappa shape index (κ1) is 13.1. The summed E-state index contributed by atoms with van der Waals surface area (Å²) >= 11 is 1.77. The zero-order valence-electron chi connectivity index (χ0n) is 11.2. The third-order valence-electron chi connectivity index (χ3n) is 3.13. The molecule has 0 fully saturated rings. The second kappa shape index (κ2) is 6.01. The molecule has 1 N–H and O–H groups in total. The standard InChI is InChI=1S/C15H20N2S/c1-4-12(3)15-17-14(10-18-15)9-16-13-7-5-11(2)6-8-13/h5-8,10,12,16H,4,9H2,1-3H3. The molecule has 0 aliphatic carbocycles. The third-order valence-corrected chi connectivity index (χ3v) is 4.25. The predicted octanol–water partition coefficient (Wildman–Crippen LogP) is 4.58. The molecular weight excluding hydrogens is 240 g/mol. The molecule has 2 nitrogen and oxygen atoms in total. The Labute approximate surface area is 113 Å². The SMILES string of the molecule is CCC(C)c1nc(CNc2ccc(C)cc2)cs1. The Balaban J connectivity index is 1.94. The zero-order chi connectivity index (χ0) is 13.0. The molecule has 1 unspecified atom stereocenters. The van der Waals surface area contributed by atoms with Crippen LogP contribution in [0.4, 0.5) is 5.69 Å². The first-order chi connectivity index (χ1) is 8.69. The van der Waals surface area contributed by atoms with Crippen LogP contribution in [0.1, 0.15) is 42.5 Å². The first-order valence-electron chi connectivity index (χ1n) is 6.44. The number of aryl methyl sites for hydroxylation is 1. The van der Waals surface area contributed by atoms with Gasteiger partial charge in [0.05, 0.1) is 17.2 Å². The molecule has 0 saturated carbocycles.